The fourth-order valence-corrected chi connectivity index (χ4v) is 1.10. The normalized spacial score (nSPS) is 11.4. The van der Waals surface area contributed by atoms with Crippen molar-refractivity contribution in [3.63, 3.8) is 0 Å². The van der Waals surface area contributed by atoms with Crippen molar-refractivity contribution in [2.75, 3.05) is 0 Å². The zero-order chi connectivity index (χ0) is 12.3. The number of benzene rings is 1. The molecule has 7 heteroatoms. The lowest BCUT2D eigenvalue weighted by Crippen LogP contribution is -2.09. The maximum Gasteiger partial charge on any atom is 0.416 e. The maximum atomic E-state index is 12.4. The second-order valence-corrected chi connectivity index (χ2v) is 2.77. The standard InChI is InChI=1S/C9H4F5NO/c10-8(11)6-2-1-5(15-4-16)3-7(6)9(12,13)14/h1-3,8H. The lowest BCUT2D eigenvalue weighted by Gasteiger charge is -2.12. The molecule has 0 saturated heterocycles. The average Bonchev–Trinajstić information content (AvgIpc) is 2.16. The second kappa shape index (κ2) is 4.40. The van der Waals surface area contributed by atoms with Gasteiger partial charge < -0.3 is 0 Å². The van der Waals surface area contributed by atoms with E-state index in [1.165, 1.54) is 0 Å². The average molecular weight is 237 g/mol. The number of isocyanates is 1. The zero-order valence-electron chi connectivity index (χ0n) is 7.55. The summed E-state index contributed by atoms with van der Waals surface area (Å²) in [6, 6.07) is 1.86. The van der Waals surface area contributed by atoms with E-state index in [2.05, 4.69) is 4.99 Å². The molecule has 0 aromatic heterocycles. The summed E-state index contributed by atoms with van der Waals surface area (Å²) in [7, 11) is 0. The molecule has 0 atom stereocenters. The zero-order valence-corrected chi connectivity index (χ0v) is 7.55. The van der Waals surface area contributed by atoms with Gasteiger partial charge in [0.2, 0.25) is 6.08 Å². The van der Waals surface area contributed by atoms with E-state index >= 15 is 0 Å². The van der Waals surface area contributed by atoms with Crippen LogP contribution in [-0.4, -0.2) is 6.08 Å². The molecular formula is C9H4F5NO. The summed E-state index contributed by atoms with van der Waals surface area (Å²) < 4.78 is 61.6. The van der Waals surface area contributed by atoms with Gasteiger partial charge in [-0.05, 0) is 12.1 Å². The number of hydrogen-bond acceptors (Lipinski definition) is 2. The third kappa shape index (κ3) is 2.64. The van der Waals surface area contributed by atoms with Crippen molar-refractivity contribution in [1.82, 2.24) is 0 Å². The Balaban J connectivity index is 3.38. The minimum atomic E-state index is -4.92. The minimum absolute atomic E-state index is 0.369. The van der Waals surface area contributed by atoms with E-state index in [0.29, 0.717) is 12.1 Å². The van der Waals surface area contributed by atoms with Crippen LogP contribution in [0.4, 0.5) is 27.6 Å². The summed E-state index contributed by atoms with van der Waals surface area (Å²) in [5, 5.41) is 0. The van der Waals surface area contributed by atoms with Gasteiger partial charge >= 0.3 is 6.18 Å². The number of halogens is 5. The molecule has 0 spiro atoms. The molecule has 86 valence electrons. The Kier molecular flexibility index (Phi) is 3.39. The number of aliphatic imine (C=N–C) groups is 1. The van der Waals surface area contributed by atoms with Crippen molar-refractivity contribution in [3.05, 3.63) is 29.3 Å². The van der Waals surface area contributed by atoms with Crippen LogP contribution < -0.4 is 0 Å². The first-order chi connectivity index (χ1) is 7.36. The van der Waals surface area contributed by atoms with Crippen molar-refractivity contribution >= 4 is 11.8 Å². The highest BCUT2D eigenvalue weighted by molar-refractivity contribution is 5.52. The van der Waals surface area contributed by atoms with Gasteiger partial charge in [0.25, 0.3) is 6.43 Å². The predicted octanol–water partition coefficient (Wildman–Crippen LogP) is 3.61. The number of rotatable bonds is 2. The van der Waals surface area contributed by atoms with Gasteiger partial charge in [-0.25, -0.2) is 13.6 Å². The lowest BCUT2D eigenvalue weighted by atomic mass is 10.1. The van der Waals surface area contributed by atoms with Crippen molar-refractivity contribution in [2.45, 2.75) is 12.6 Å². The summed E-state index contributed by atoms with van der Waals surface area (Å²) in [6.45, 7) is 0. The van der Waals surface area contributed by atoms with E-state index in [9.17, 15) is 26.7 Å². The highest BCUT2D eigenvalue weighted by Crippen LogP contribution is 2.38. The molecule has 2 nitrogen and oxygen atoms in total. The molecule has 0 unspecified atom stereocenters. The number of carbonyl (C=O) groups excluding carboxylic acids is 1. The molecule has 1 aromatic carbocycles. The van der Waals surface area contributed by atoms with Gasteiger partial charge in [-0.3, -0.25) is 0 Å². The largest absolute Gasteiger partial charge is 0.416 e. The van der Waals surface area contributed by atoms with Crippen molar-refractivity contribution in [3.8, 4) is 0 Å². The molecule has 0 heterocycles. The lowest BCUT2D eigenvalue weighted by molar-refractivity contribution is -0.139. The van der Waals surface area contributed by atoms with Crippen molar-refractivity contribution < 1.29 is 26.7 Å². The fraction of sp³-hybridized carbons (Fsp3) is 0.222. The van der Waals surface area contributed by atoms with Crippen LogP contribution in [0.5, 0.6) is 0 Å². The van der Waals surface area contributed by atoms with Crippen LogP contribution in [0.1, 0.15) is 17.6 Å². The quantitative estimate of drug-likeness (QED) is 0.439. The Labute approximate surface area is 86.4 Å². The first-order valence-electron chi connectivity index (χ1n) is 3.93. The Hall–Kier alpha value is -1.75. The molecule has 0 bridgehead atoms. The maximum absolute atomic E-state index is 12.4. The molecule has 0 radical (unpaired) electrons. The number of alkyl halides is 5. The van der Waals surface area contributed by atoms with E-state index in [1.807, 2.05) is 0 Å². The molecule has 0 aliphatic heterocycles. The molecule has 16 heavy (non-hydrogen) atoms. The minimum Gasteiger partial charge on any atom is -0.211 e. The molecule has 0 aliphatic rings. The van der Waals surface area contributed by atoms with Gasteiger partial charge in [-0.2, -0.15) is 18.2 Å². The first-order valence-corrected chi connectivity index (χ1v) is 3.93. The molecule has 0 aliphatic carbocycles. The Morgan fingerprint density at radius 1 is 1.25 bits per heavy atom. The summed E-state index contributed by atoms with van der Waals surface area (Å²) in [5.41, 5.74) is -3.01. The van der Waals surface area contributed by atoms with Crippen molar-refractivity contribution in [1.29, 1.82) is 0 Å². The summed E-state index contributed by atoms with van der Waals surface area (Å²) >= 11 is 0. The molecule has 1 rings (SSSR count). The predicted molar refractivity (Wildman–Crippen MR) is 44.2 cm³/mol. The smallest absolute Gasteiger partial charge is 0.211 e. The summed E-state index contributed by atoms with van der Waals surface area (Å²) in [5.74, 6) is 0. The Morgan fingerprint density at radius 2 is 1.88 bits per heavy atom. The summed E-state index contributed by atoms with van der Waals surface area (Å²) in [6.07, 6.45) is -7.13. The molecule has 0 N–H and O–H groups in total. The van der Waals surface area contributed by atoms with Crippen LogP contribution >= 0.6 is 0 Å². The summed E-state index contributed by atoms with van der Waals surface area (Å²) in [4.78, 5) is 12.8. The Morgan fingerprint density at radius 3 is 2.31 bits per heavy atom. The Bertz CT molecular complexity index is 434. The van der Waals surface area contributed by atoms with E-state index < -0.39 is 23.7 Å². The third-order valence-electron chi connectivity index (χ3n) is 1.75. The van der Waals surface area contributed by atoms with Gasteiger partial charge in [-0.15, -0.1) is 0 Å². The molecular weight excluding hydrogens is 233 g/mol. The van der Waals surface area contributed by atoms with E-state index in [-0.39, 0.29) is 5.69 Å². The van der Waals surface area contributed by atoms with Crippen LogP contribution in [0.25, 0.3) is 0 Å². The first kappa shape index (κ1) is 12.3. The second-order valence-electron chi connectivity index (χ2n) is 2.77. The van der Waals surface area contributed by atoms with Gasteiger partial charge in [0.1, 0.15) is 0 Å². The molecule has 0 amide bonds. The van der Waals surface area contributed by atoms with Gasteiger partial charge in [0.15, 0.2) is 0 Å². The number of nitrogens with zero attached hydrogens (tertiary/aromatic N) is 1. The molecule has 0 fully saturated rings. The van der Waals surface area contributed by atoms with E-state index in [0.717, 1.165) is 12.1 Å². The van der Waals surface area contributed by atoms with Crippen LogP contribution in [-0.2, 0) is 11.0 Å². The van der Waals surface area contributed by atoms with Crippen LogP contribution in [0.15, 0.2) is 23.2 Å². The van der Waals surface area contributed by atoms with Crippen molar-refractivity contribution in [2.24, 2.45) is 4.99 Å². The highest BCUT2D eigenvalue weighted by atomic mass is 19.4. The SMILES string of the molecule is O=C=Nc1ccc(C(F)F)c(C(F)(F)F)c1. The third-order valence-corrected chi connectivity index (χ3v) is 1.75. The van der Waals surface area contributed by atoms with Gasteiger partial charge in [-0.1, -0.05) is 6.07 Å². The van der Waals surface area contributed by atoms with Crippen LogP contribution in [0.2, 0.25) is 0 Å². The topological polar surface area (TPSA) is 29.4 Å². The highest BCUT2D eigenvalue weighted by Gasteiger charge is 2.35. The monoisotopic (exact) mass is 237 g/mol. The molecule has 0 saturated carbocycles. The van der Waals surface area contributed by atoms with E-state index in [1.54, 1.807) is 0 Å². The van der Waals surface area contributed by atoms with Crippen LogP contribution in [0, 0.1) is 0 Å². The van der Waals surface area contributed by atoms with E-state index in [4.69, 9.17) is 0 Å². The van der Waals surface area contributed by atoms with Crippen LogP contribution in [0.3, 0.4) is 0 Å². The van der Waals surface area contributed by atoms with Gasteiger partial charge in [0, 0.05) is 5.56 Å². The number of hydrogen-bond donors (Lipinski definition) is 0. The van der Waals surface area contributed by atoms with Gasteiger partial charge in [0.05, 0.1) is 11.3 Å². The molecule has 1 aromatic rings. The fourth-order valence-electron chi connectivity index (χ4n) is 1.10.